The van der Waals surface area contributed by atoms with Crippen molar-refractivity contribution in [2.24, 2.45) is 0 Å². The van der Waals surface area contributed by atoms with E-state index in [0.29, 0.717) is 32.3 Å². The first-order chi connectivity index (χ1) is 17.9. The number of nitrogens with one attached hydrogen (secondary N) is 2. The molecule has 37 heavy (non-hydrogen) atoms. The first-order valence-corrected chi connectivity index (χ1v) is 12.5. The number of para-hydroxylation sites is 1. The van der Waals surface area contributed by atoms with Crippen molar-refractivity contribution < 1.29 is 27.4 Å². The first-order valence-electron chi connectivity index (χ1n) is 12.5. The highest BCUT2D eigenvalue weighted by Crippen LogP contribution is 2.33. The predicted octanol–water partition coefficient (Wildman–Crippen LogP) is 3.47. The van der Waals surface area contributed by atoms with Crippen LogP contribution in [0.4, 0.5) is 13.2 Å². The predicted molar refractivity (Wildman–Crippen MR) is 130 cm³/mol. The van der Waals surface area contributed by atoms with Crippen LogP contribution in [0.3, 0.4) is 0 Å². The summed E-state index contributed by atoms with van der Waals surface area (Å²) in [5, 5.41) is 3.05. The topological polar surface area (TPSA) is 92.4 Å². The molecule has 0 radical (unpaired) electrons. The van der Waals surface area contributed by atoms with E-state index in [4.69, 9.17) is 9.47 Å². The van der Waals surface area contributed by atoms with Gasteiger partial charge in [0.15, 0.2) is 0 Å². The molecule has 5 rings (SSSR count). The van der Waals surface area contributed by atoms with Gasteiger partial charge in [-0.3, -0.25) is 14.7 Å². The number of ether oxygens (including phenoxy) is 2. The molecule has 1 amide bonds. The molecule has 0 spiro atoms. The molecule has 2 aromatic heterocycles. The van der Waals surface area contributed by atoms with E-state index >= 15 is 0 Å². The third-order valence-corrected chi connectivity index (χ3v) is 6.96. The van der Waals surface area contributed by atoms with Crippen molar-refractivity contribution in [3.8, 4) is 0 Å². The van der Waals surface area contributed by atoms with Crippen LogP contribution in [0.15, 0.2) is 42.7 Å². The minimum atomic E-state index is -4.52. The number of nitrogens with zero attached hydrogens (tertiary/aromatic N) is 3. The van der Waals surface area contributed by atoms with Gasteiger partial charge >= 0.3 is 6.18 Å². The Hall–Kier alpha value is -3.02. The molecule has 8 nitrogen and oxygen atoms in total. The summed E-state index contributed by atoms with van der Waals surface area (Å²) < 4.78 is 51.9. The monoisotopic (exact) mass is 517 g/mol. The van der Waals surface area contributed by atoms with E-state index < -0.39 is 11.7 Å². The van der Waals surface area contributed by atoms with Crippen molar-refractivity contribution in [1.82, 2.24) is 25.2 Å². The number of rotatable bonds is 7. The lowest BCUT2D eigenvalue weighted by molar-refractivity contribution is -0.136. The molecule has 1 aromatic carbocycles. The number of hydrogen-bond donors (Lipinski definition) is 2. The number of H-pyrrole nitrogens is 1. The lowest BCUT2D eigenvalue weighted by Crippen LogP contribution is -2.45. The lowest BCUT2D eigenvalue weighted by Gasteiger charge is -2.26. The van der Waals surface area contributed by atoms with Crippen LogP contribution in [-0.4, -0.2) is 70.2 Å². The van der Waals surface area contributed by atoms with E-state index in [-0.39, 0.29) is 41.3 Å². The number of alkyl halides is 3. The summed E-state index contributed by atoms with van der Waals surface area (Å²) in [5.41, 5.74) is 0.184. The van der Waals surface area contributed by atoms with E-state index in [9.17, 15) is 18.0 Å². The summed E-state index contributed by atoms with van der Waals surface area (Å²) in [7, 11) is 0. The number of fused-ring (bicyclic) bond motifs is 1. The third-order valence-electron chi connectivity index (χ3n) is 6.96. The number of likely N-dealkylation sites (tertiary alicyclic amines) is 1. The number of benzene rings is 1. The quantitative estimate of drug-likeness (QED) is 0.499. The summed E-state index contributed by atoms with van der Waals surface area (Å²) in [4.78, 5) is 26.4. The smallest absolute Gasteiger partial charge is 0.381 e. The molecule has 0 aliphatic carbocycles. The van der Waals surface area contributed by atoms with Gasteiger partial charge in [-0.2, -0.15) is 13.2 Å². The van der Waals surface area contributed by atoms with Crippen molar-refractivity contribution in [2.45, 2.75) is 56.7 Å². The zero-order valence-corrected chi connectivity index (χ0v) is 20.3. The molecule has 11 heteroatoms. The fourth-order valence-electron chi connectivity index (χ4n) is 5.15. The number of pyridine rings is 1. The van der Waals surface area contributed by atoms with E-state index in [2.05, 4.69) is 25.2 Å². The molecular formula is C26H30F3N5O3. The van der Waals surface area contributed by atoms with Crippen molar-refractivity contribution in [1.29, 1.82) is 0 Å². The summed E-state index contributed by atoms with van der Waals surface area (Å²) in [6, 6.07) is 7.71. The molecule has 2 aliphatic heterocycles. The fourth-order valence-corrected chi connectivity index (χ4v) is 5.15. The summed E-state index contributed by atoms with van der Waals surface area (Å²) >= 11 is 0. The van der Waals surface area contributed by atoms with Crippen LogP contribution < -0.4 is 5.32 Å². The highest BCUT2D eigenvalue weighted by molar-refractivity contribution is 5.82. The van der Waals surface area contributed by atoms with E-state index in [0.717, 1.165) is 37.5 Å². The van der Waals surface area contributed by atoms with Crippen molar-refractivity contribution >= 4 is 16.9 Å². The number of hydrogen-bond acceptors (Lipinski definition) is 6. The van der Waals surface area contributed by atoms with Crippen LogP contribution in [0.25, 0.3) is 11.0 Å². The van der Waals surface area contributed by atoms with Gasteiger partial charge in [0.2, 0.25) is 5.91 Å². The Morgan fingerprint density at radius 3 is 2.89 bits per heavy atom. The minimum absolute atomic E-state index is 0.158. The van der Waals surface area contributed by atoms with Crippen LogP contribution in [0.1, 0.15) is 36.2 Å². The molecule has 3 atom stereocenters. The molecule has 0 bridgehead atoms. The minimum Gasteiger partial charge on any atom is -0.381 e. The molecule has 2 unspecified atom stereocenters. The number of aromatic nitrogens is 3. The number of imidazole rings is 1. The van der Waals surface area contributed by atoms with Gasteiger partial charge in [0.25, 0.3) is 0 Å². The fraction of sp³-hybridized carbons (Fsp3) is 0.500. The summed E-state index contributed by atoms with van der Waals surface area (Å²) in [6.07, 6.45) is 1.48. The molecule has 198 valence electrons. The number of carbonyl (C=O) groups excluding carboxylic acids is 1. The maximum atomic E-state index is 13.4. The second-order valence-corrected chi connectivity index (χ2v) is 9.60. The van der Waals surface area contributed by atoms with Gasteiger partial charge in [-0.25, -0.2) is 4.98 Å². The Morgan fingerprint density at radius 1 is 1.19 bits per heavy atom. The van der Waals surface area contributed by atoms with Crippen LogP contribution >= 0.6 is 0 Å². The SMILES string of the molecule is O=C(Cc1nc2c(C(F)(F)F)cccc2[nH]1)NC1CN(C2CCCOCC2)C[C@@H]1OCc1cccnc1. The average molecular weight is 518 g/mol. The number of carbonyl (C=O) groups is 1. The molecule has 4 heterocycles. The second-order valence-electron chi connectivity index (χ2n) is 9.60. The summed E-state index contributed by atoms with van der Waals surface area (Å²) in [6.45, 7) is 3.16. The maximum Gasteiger partial charge on any atom is 0.418 e. The average Bonchev–Trinajstić information content (AvgIpc) is 3.35. The lowest BCUT2D eigenvalue weighted by atomic mass is 10.1. The van der Waals surface area contributed by atoms with Crippen molar-refractivity contribution in [2.75, 3.05) is 26.3 Å². The number of amides is 1. The van der Waals surface area contributed by atoms with Gasteiger partial charge in [-0.05, 0) is 43.0 Å². The zero-order valence-electron chi connectivity index (χ0n) is 20.3. The molecule has 0 saturated carbocycles. The molecule has 2 N–H and O–H groups in total. The number of aromatic amines is 1. The van der Waals surface area contributed by atoms with Crippen molar-refractivity contribution in [3.63, 3.8) is 0 Å². The second kappa shape index (κ2) is 11.2. The van der Waals surface area contributed by atoms with Gasteiger partial charge < -0.3 is 19.8 Å². The van der Waals surface area contributed by atoms with Crippen LogP contribution in [0.2, 0.25) is 0 Å². The molecule has 2 aliphatic rings. The van der Waals surface area contributed by atoms with Crippen LogP contribution in [-0.2, 0) is 33.5 Å². The highest BCUT2D eigenvalue weighted by Gasteiger charge is 2.38. The Labute approximate surface area is 212 Å². The van der Waals surface area contributed by atoms with Gasteiger partial charge in [-0.1, -0.05) is 12.1 Å². The van der Waals surface area contributed by atoms with E-state index in [1.807, 2.05) is 12.1 Å². The Balaban J connectivity index is 1.27. The van der Waals surface area contributed by atoms with Gasteiger partial charge in [-0.15, -0.1) is 0 Å². The molecule has 2 saturated heterocycles. The molecule has 2 fully saturated rings. The summed E-state index contributed by atoms with van der Waals surface area (Å²) in [5.74, 6) is -0.133. The molecule has 3 aromatic rings. The van der Waals surface area contributed by atoms with E-state index in [1.165, 1.54) is 12.1 Å². The number of halogens is 3. The Bertz CT molecular complexity index is 1200. The highest BCUT2D eigenvalue weighted by atomic mass is 19.4. The third kappa shape index (κ3) is 6.28. The van der Waals surface area contributed by atoms with Crippen LogP contribution in [0, 0.1) is 0 Å². The molecular weight excluding hydrogens is 487 g/mol. The zero-order chi connectivity index (χ0) is 25.8. The van der Waals surface area contributed by atoms with Gasteiger partial charge in [0, 0.05) is 44.7 Å². The van der Waals surface area contributed by atoms with Crippen molar-refractivity contribution in [3.05, 3.63) is 59.7 Å². The van der Waals surface area contributed by atoms with Gasteiger partial charge in [0.05, 0.1) is 36.3 Å². The first kappa shape index (κ1) is 25.6. The van der Waals surface area contributed by atoms with Gasteiger partial charge in [0.1, 0.15) is 11.3 Å². The largest absolute Gasteiger partial charge is 0.418 e. The maximum absolute atomic E-state index is 13.4. The standard InChI is InChI=1S/C26H30F3N5O3/c27-26(28,29)19-6-1-7-20-25(19)33-23(31-20)12-24(35)32-21-14-34(18-5-3-10-36-11-8-18)15-22(21)37-16-17-4-2-9-30-13-17/h1-2,4,6-7,9,13,18,21-22H,3,5,8,10-12,14-16H2,(H,31,33)(H,32,35)/t18?,21?,22-/m0/s1. The normalized spacial score (nSPS) is 23.3. The Kier molecular flexibility index (Phi) is 7.73. The van der Waals surface area contributed by atoms with E-state index in [1.54, 1.807) is 12.4 Å². The Morgan fingerprint density at radius 2 is 2.08 bits per heavy atom. The van der Waals surface area contributed by atoms with Crippen LogP contribution in [0.5, 0.6) is 0 Å².